The molecule has 0 rings (SSSR count). The Labute approximate surface area is 55.4 Å². The van der Waals surface area contributed by atoms with E-state index < -0.39 is 0 Å². The number of aldehydes is 1. The van der Waals surface area contributed by atoms with E-state index in [0.29, 0.717) is 5.57 Å². The first-order valence-electron chi connectivity index (χ1n) is 2.75. The molecule has 0 aromatic rings. The Hall–Kier alpha value is -1.11. The van der Waals surface area contributed by atoms with Gasteiger partial charge < -0.3 is 0 Å². The zero-order valence-corrected chi connectivity index (χ0v) is 5.50. The van der Waals surface area contributed by atoms with Crippen LogP contribution >= 0.6 is 0 Å². The van der Waals surface area contributed by atoms with E-state index in [-0.39, 0.29) is 0 Å². The van der Waals surface area contributed by atoms with Gasteiger partial charge in [-0.05, 0) is 6.92 Å². The molecule has 0 saturated carbocycles. The number of rotatable bonds is 3. The Kier molecular flexibility index (Phi) is 4.41. The van der Waals surface area contributed by atoms with Gasteiger partial charge in [-0.15, -0.1) is 0 Å². The molecule has 0 amide bonds. The molecule has 0 heterocycles. The minimum Gasteiger partial charge on any atom is -0.298 e. The standard InChI is InChI=1S/C8H10O/c1-3-5-6-8(4-2)7-9/h3-7H,2H2,1H3. The van der Waals surface area contributed by atoms with Crippen LogP contribution in [0.1, 0.15) is 6.92 Å². The Morgan fingerprint density at radius 2 is 2.22 bits per heavy atom. The third-order valence-corrected chi connectivity index (χ3v) is 0.853. The first-order valence-corrected chi connectivity index (χ1v) is 2.75. The second kappa shape index (κ2) is 5.04. The van der Waals surface area contributed by atoms with E-state index >= 15 is 0 Å². The number of carbonyl (C=O) groups is 1. The maximum absolute atomic E-state index is 10.1. The second-order valence-electron chi connectivity index (χ2n) is 1.51. The van der Waals surface area contributed by atoms with E-state index in [1.54, 1.807) is 12.2 Å². The smallest absolute Gasteiger partial charge is 0.150 e. The lowest BCUT2D eigenvalue weighted by atomic mass is 10.2. The molecule has 0 aliphatic carbocycles. The van der Waals surface area contributed by atoms with Crippen molar-refractivity contribution in [2.75, 3.05) is 0 Å². The Balaban J connectivity index is 4.06. The molecule has 0 aromatic heterocycles. The summed E-state index contributed by atoms with van der Waals surface area (Å²) in [5.41, 5.74) is 0.605. The van der Waals surface area contributed by atoms with E-state index in [9.17, 15) is 4.79 Å². The molecule has 1 nitrogen and oxygen atoms in total. The van der Waals surface area contributed by atoms with Gasteiger partial charge in [0.1, 0.15) is 6.29 Å². The summed E-state index contributed by atoms with van der Waals surface area (Å²) in [7, 11) is 0. The summed E-state index contributed by atoms with van der Waals surface area (Å²) in [6.45, 7) is 5.34. The molecular weight excluding hydrogens is 112 g/mol. The van der Waals surface area contributed by atoms with Crippen LogP contribution in [-0.2, 0) is 4.79 Å². The summed E-state index contributed by atoms with van der Waals surface area (Å²) in [6.07, 6.45) is 7.65. The molecule has 0 N–H and O–H groups in total. The van der Waals surface area contributed by atoms with E-state index in [1.807, 2.05) is 13.0 Å². The fraction of sp³-hybridized carbons (Fsp3) is 0.125. The van der Waals surface area contributed by atoms with Gasteiger partial charge in [-0.1, -0.05) is 30.9 Å². The molecule has 0 saturated heterocycles. The molecule has 0 aliphatic heterocycles. The van der Waals surface area contributed by atoms with Gasteiger partial charge >= 0.3 is 0 Å². The molecule has 0 radical (unpaired) electrons. The first kappa shape index (κ1) is 7.89. The van der Waals surface area contributed by atoms with Crippen molar-refractivity contribution in [2.45, 2.75) is 6.92 Å². The minimum atomic E-state index is 0.605. The molecule has 1 heteroatoms. The molecule has 0 unspecified atom stereocenters. The van der Waals surface area contributed by atoms with E-state index in [0.717, 1.165) is 6.29 Å². The van der Waals surface area contributed by atoms with Crippen LogP contribution in [0.3, 0.4) is 0 Å². The van der Waals surface area contributed by atoms with Crippen molar-refractivity contribution in [3.05, 3.63) is 36.5 Å². The van der Waals surface area contributed by atoms with Crippen LogP contribution in [0.5, 0.6) is 0 Å². The van der Waals surface area contributed by atoms with Gasteiger partial charge in [0.15, 0.2) is 0 Å². The predicted molar refractivity (Wildman–Crippen MR) is 39.2 cm³/mol. The summed E-state index contributed by atoms with van der Waals surface area (Å²) in [6, 6.07) is 0. The quantitative estimate of drug-likeness (QED) is 0.317. The molecule has 0 aliphatic rings. The Bertz CT molecular complexity index is 142. The summed E-state index contributed by atoms with van der Waals surface area (Å²) in [5, 5.41) is 0. The monoisotopic (exact) mass is 122 g/mol. The SMILES string of the molecule is C=CC(C=O)=CC=CC. The lowest BCUT2D eigenvalue weighted by Gasteiger charge is -1.80. The average molecular weight is 122 g/mol. The van der Waals surface area contributed by atoms with Crippen LogP contribution in [0, 0.1) is 0 Å². The molecule has 0 fully saturated rings. The number of carbonyl (C=O) groups excluding carboxylic acids is 1. The van der Waals surface area contributed by atoms with Crippen LogP contribution in [0.4, 0.5) is 0 Å². The number of hydrogen-bond donors (Lipinski definition) is 0. The maximum Gasteiger partial charge on any atom is 0.150 e. The minimum absolute atomic E-state index is 0.605. The van der Waals surface area contributed by atoms with Crippen LogP contribution in [0.25, 0.3) is 0 Å². The maximum atomic E-state index is 10.1. The molecule has 0 spiro atoms. The fourth-order valence-corrected chi connectivity index (χ4v) is 0.363. The van der Waals surface area contributed by atoms with Crippen molar-refractivity contribution in [1.82, 2.24) is 0 Å². The zero-order chi connectivity index (χ0) is 7.11. The van der Waals surface area contributed by atoms with Crippen molar-refractivity contribution in [1.29, 1.82) is 0 Å². The van der Waals surface area contributed by atoms with Gasteiger partial charge in [-0.2, -0.15) is 0 Å². The Morgan fingerprint density at radius 3 is 2.56 bits per heavy atom. The van der Waals surface area contributed by atoms with Crippen LogP contribution in [0.2, 0.25) is 0 Å². The van der Waals surface area contributed by atoms with Gasteiger partial charge in [-0.25, -0.2) is 0 Å². The van der Waals surface area contributed by atoms with Crippen molar-refractivity contribution in [3.8, 4) is 0 Å². The highest BCUT2D eigenvalue weighted by molar-refractivity contribution is 5.77. The summed E-state index contributed by atoms with van der Waals surface area (Å²) in [5.74, 6) is 0. The summed E-state index contributed by atoms with van der Waals surface area (Å²) < 4.78 is 0. The number of allylic oxidation sites excluding steroid dienone is 5. The Morgan fingerprint density at radius 1 is 1.56 bits per heavy atom. The molecule has 48 valence electrons. The zero-order valence-electron chi connectivity index (χ0n) is 5.50. The van der Waals surface area contributed by atoms with E-state index in [2.05, 4.69) is 6.58 Å². The highest BCUT2D eigenvalue weighted by Gasteiger charge is 1.79. The normalized spacial score (nSPS) is 11.9. The average Bonchev–Trinajstić information content (AvgIpc) is 1.91. The van der Waals surface area contributed by atoms with E-state index in [4.69, 9.17) is 0 Å². The first-order chi connectivity index (χ1) is 4.35. The third kappa shape index (κ3) is 3.47. The van der Waals surface area contributed by atoms with Gasteiger partial charge in [-0.3, -0.25) is 4.79 Å². The topological polar surface area (TPSA) is 17.1 Å². The van der Waals surface area contributed by atoms with Crippen molar-refractivity contribution >= 4 is 6.29 Å². The van der Waals surface area contributed by atoms with E-state index in [1.165, 1.54) is 6.08 Å². The molecule has 0 atom stereocenters. The number of hydrogen-bond acceptors (Lipinski definition) is 1. The lowest BCUT2D eigenvalue weighted by molar-refractivity contribution is -0.104. The van der Waals surface area contributed by atoms with Crippen molar-refractivity contribution in [3.63, 3.8) is 0 Å². The third-order valence-electron chi connectivity index (χ3n) is 0.853. The lowest BCUT2D eigenvalue weighted by Crippen LogP contribution is -1.74. The van der Waals surface area contributed by atoms with Crippen LogP contribution < -0.4 is 0 Å². The van der Waals surface area contributed by atoms with Gasteiger partial charge in [0.2, 0.25) is 0 Å². The van der Waals surface area contributed by atoms with Gasteiger partial charge in [0, 0.05) is 5.57 Å². The van der Waals surface area contributed by atoms with Crippen LogP contribution in [0.15, 0.2) is 36.5 Å². The summed E-state index contributed by atoms with van der Waals surface area (Å²) in [4.78, 5) is 10.1. The highest BCUT2D eigenvalue weighted by Crippen LogP contribution is 1.89. The predicted octanol–water partition coefficient (Wildman–Crippen LogP) is 1.87. The molecule has 0 bridgehead atoms. The van der Waals surface area contributed by atoms with Gasteiger partial charge in [0.05, 0.1) is 0 Å². The van der Waals surface area contributed by atoms with Crippen molar-refractivity contribution in [2.24, 2.45) is 0 Å². The highest BCUT2D eigenvalue weighted by atomic mass is 16.1. The van der Waals surface area contributed by atoms with Crippen LogP contribution in [-0.4, -0.2) is 6.29 Å². The molecule has 9 heavy (non-hydrogen) atoms. The molecule has 0 aromatic carbocycles. The largest absolute Gasteiger partial charge is 0.298 e. The fourth-order valence-electron chi connectivity index (χ4n) is 0.363. The summed E-state index contributed by atoms with van der Waals surface area (Å²) >= 11 is 0. The molecular formula is C8H10O. The van der Waals surface area contributed by atoms with Gasteiger partial charge in [0.25, 0.3) is 0 Å². The van der Waals surface area contributed by atoms with Crippen molar-refractivity contribution < 1.29 is 4.79 Å². The second-order valence-corrected chi connectivity index (χ2v) is 1.51.